The van der Waals surface area contributed by atoms with E-state index in [2.05, 4.69) is 15.5 Å². The number of carbonyl (C=O) groups is 2. The van der Waals surface area contributed by atoms with Gasteiger partial charge in [-0.3, -0.25) is 9.59 Å². The van der Waals surface area contributed by atoms with Crippen molar-refractivity contribution in [2.45, 2.75) is 18.6 Å². The number of hydrogen-bond acceptors (Lipinski definition) is 5. The van der Waals surface area contributed by atoms with Gasteiger partial charge in [-0.2, -0.15) is 5.10 Å². The molecular formula is C13H11Cl2N3O3S. The summed E-state index contributed by atoms with van der Waals surface area (Å²) in [5.41, 5.74) is 1.42. The summed E-state index contributed by atoms with van der Waals surface area (Å²) >= 11 is 13.1. The third-order valence-corrected chi connectivity index (χ3v) is 4.54. The molecule has 22 heavy (non-hydrogen) atoms. The molecule has 1 aromatic rings. The maximum atomic E-state index is 11.5. The summed E-state index contributed by atoms with van der Waals surface area (Å²) in [6, 6.07) is 3.38. The Morgan fingerprint density at radius 1 is 1.50 bits per heavy atom. The van der Waals surface area contributed by atoms with Gasteiger partial charge in [0, 0.05) is 10.6 Å². The average Bonchev–Trinajstić information content (AvgIpc) is 2.75. The van der Waals surface area contributed by atoms with Gasteiger partial charge in [0.25, 0.3) is 0 Å². The van der Waals surface area contributed by atoms with Gasteiger partial charge >= 0.3 is 5.97 Å². The van der Waals surface area contributed by atoms with Crippen LogP contribution in [-0.2, 0) is 9.59 Å². The zero-order valence-electron chi connectivity index (χ0n) is 11.3. The van der Waals surface area contributed by atoms with Crippen molar-refractivity contribution in [1.82, 2.24) is 5.32 Å². The zero-order valence-corrected chi connectivity index (χ0v) is 13.7. The maximum Gasteiger partial charge on any atom is 0.305 e. The maximum absolute atomic E-state index is 11.5. The van der Waals surface area contributed by atoms with Gasteiger partial charge in [-0.05, 0) is 24.6 Å². The number of carboxylic acids is 1. The van der Waals surface area contributed by atoms with Crippen LogP contribution in [0, 0.1) is 6.92 Å². The number of amides is 1. The first-order valence-electron chi connectivity index (χ1n) is 6.13. The van der Waals surface area contributed by atoms with Gasteiger partial charge in [0.2, 0.25) is 5.91 Å². The summed E-state index contributed by atoms with van der Waals surface area (Å²) < 4.78 is 0. The van der Waals surface area contributed by atoms with Gasteiger partial charge in [0.15, 0.2) is 5.17 Å². The van der Waals surface area contributed by atoms with Crippen molar-refractivity contribution in [2.24, 2.45) is 10.2 Å². The van der Waals surface area contributed by atoms with E-state index in [9.17, 15) is 9.59 Å². The standard InChI is InChI=1S/C13H11Cl2N3O3S/c1-6-2-8(14)3-7(11(6)15)5-16-18-13-17-12(21)9(22-13)4-10(19)20/h2-3,5,9H,4H2,1H3,(H,19,20)(H,17,18,21). The van der Waals surface area contributed by atoms with Gasteiger partial charge in [0.05, 0.1) is 17.7 Å². The van der Waals surface area contributed by atoms with E-state index >= 15 is 0 Å². The highest BCUT2D eigenvalue weighted by molar-refractivity contribution is 8.15. The lowest BCUT2D eigenvalue weighted by molar-refractivity contribution is -0.138. The highest BCUT2D eigenvalue weighted by Gasteiger charge is 2.32. The Kier molecular flexibility index (Phi) is 5.44. The number of carboxylic acid groups (broad SMARTS) is 1. The first-order valence-corrected chi connectivity index (χ1v) is 7.76. The van der Waals surface area contributed by atoms with E-state index in [4.69, 9.17) is 28.3 Å². The van der Waals surface area contributed by atoms with Crippen molar-refractivity contribution in [3.63, 3.8) is 0 Å². The fraction of sp³-hybridized carbons (Fsp3) is 0.231. The second-order valence-electron chi connectivity index (χ2n) is 4.47. The largest absolute Gasteiger partial charge is 0.481 e. The molecule has 1 fully saturated rings. The van der Waals surface area contributed by atoms with E-state index in [1.54, 1.807) is 12.1 Å². The zero-order chi connectivity index (χ0) is 16.3. The quantitative estimate of drug-likeness (QED) is 0.638. The summed E-state index contributed by atoms with van der Waals surface area (Å²) in [5.74, 6) is -1.43. The number of hydrogen-bond donors (Lipinski definition) is 2. The Morgan fingerprint density at radius 3 is 2.91 bits per heavy atom. The molecule has 0 bridgehead atoms. The number of benzene rings is 1. The molecule has 116 valence electrons. The second kappa shape index (κ2) is 7.13. The minimum atomic E-state index is -1.04. The van der Waals surface area contributed by atoms with Crippen molar-refractivity contribution in [1.29, 1.82) is 0 Å². The number of nitrogens with one attached hydrogen (secondary N) is 1. The van der Waals surface area contributed by atoms with Crippen molar-refractivity contribution in [2.75, 3.05) is 0 Å². The van der Waals surface area contributed by atoms with Crippen molar-refractivity contribution < 1.29 is 14.7 Å². The van der Waals surface area contributed by atoms with E-state index in [1.165, 1.54) is 6.21 Å². The van der Waals surface area contributed by atoms with E-state index < -0.39 is 17.1 Å². The molecule has 2 rings (SSSR count). The first kappa shape index (κ1) is 16.8. The van der Waals surface area contributed by atoms with Crippen molar-refractivity contribution in [3.8, 4) is 0 Å². The summed E-state index contributed by atoms with van der Waals surface area (Å²) in [7, 11) is 0. The van der Waals surface area contributed by atoms with Crippen LogP contribution in [0.3, 0.4) is 0 Å². The van der Waals surface area contributed by atoms with Gasteiger partial charge in [-0.1, -0.05) is 35.0 Å². The van der Waals surface area contributed by atoms with Crippen LogP contribution < -0.4 is 5.32 Å². The third kappa shape index (κ3) is 4.22. The number of carbonyl (C=O) groups excluding carboxylic acids is 1. The molecule has 0 aliphatic carbocycles. The molecule has 1 heterocycles. The molecule has 0 radical (unpaired) electrons. The number of rotatable bonds is 4. The van der Waals surface area contributed by atoms with Gasteiger partial charge in [-0.25, -0.2) is 0 Å². The Hall–Kier alpha value is -1.57. The van der Waals surface area contributed by atoms with Crippen molar-refractivity contribution >= 4 is 58.2 Å². The Balaban J connectivity index is 2.09. The highest BCUT2D eigenvalue weighted by Crippen LogP contribution is 2.24. The Labute approximate surface area is 140 Å². The summed E-state index contributed by atoms with van der Waals surface area (Å²) in [6.45, 7) is 1.82. The minimum Gasteiger partial charge on any atom is -0.481 e. The minimum absolute atomic E-state index is 0.252. The molecule has 1 aliphatic heterocycles. The molecule has 0 saturated carbocycles. The van der Waals surface area contributed by atoms with E-state index in [-0.39, 0.29) is 11.6 Å². The van der Waals surface area contributed by atoms with Crippen molar-refractivity contribution in [3.05, 3.63) is 33.3 Å². The molecule has 6 nitrogen and oxygen atoms in total. The number of thioether (sulfide) groups is 1. The topological polar surface area (TPSA) is 91.1 Å². The number of amidine groups is 1. The van der Waals surface area contributed by atoms with Crippen LogP contribution in [0.15, 0.2) is 22.3 Å². The molecule has 9 heteroatoms. The van der Waals surface area contributed by atoms with Gasteiger partial charge < -0.3 is 10.4 Å². The Bertz CT molecular complexity index is 691. The van der Waals surface area contributed by atoms with E-state index in [1.807, 2.05) is 6.92 Å². The van der Waals surface area contributed by atoms with E-state index in [0.29, 0.717) is 15.6 Å². The van der Waals surface area contributed by atoms with E-state index in [0.717, 1.165) is 17.3 Å². The number of halogens is 2. The monoisotopic (exact) mass is 359 g/mol. The normalized spacial score (nSPS) is 19.9. The summed E-state index contributed by atoms with van der Waals surface area (Å²) in [5, 5.41) is 19.5. The third-order valence-electron chi connectivity index (χ3n) is 2.73. The summed E-state index contributed by atoms with van der Waals surface area (Å²) in [4.78, 5) is 22.1. The average molecular weight is 360 g/mol. The lowest BCUT2D eigenvalue weighted by Crippen LogP contribution is -2.26. The smallest absolute Gasteiger partial charge is 0.305 e. The summed E-state index contributed by atoms with van der Waals surface area (Å²) in [6.07, 6.45) is 1.16. The number of nitrogens with zero attached hydrogens (tertiary/aromatic N) is 2. The predicted molar refractivity (Wildman–Crippen MR) is 88.0 cm³/mol. The fourth-order valence-corrected chi connectivity index (χ4v) is 3.09. The van der Waals surface area contributed by atoms with Crippen LogP contribution in [0.1, 0.15) is 17.5 Å². The molecule has 1 amide bonds. The van der Waals surface area contributed by atoms with Gasteiger partial charge in [-0.15, -0.1) is 5.10 Å². The molecule has 0 aromatic heterocycles. The number of aliphatic carboxylic acids is 1. The predicted octanol–water partition coefficient (Wildman–Crippen LogP) is 2.70. The van der Waals surface area contributed by atoms with Crippen LogP contribution in [0.2, 0.25) is 10.0 Å². The lowest BCUT2D eigenvalue weighted by atomic mass is 10.1. The van der Waals surface area contributed by atoms with Crippen LogP contribution >= 0.6 is 35.0 Å². The fourth-order valence-electron chi connectivity index (χ4n) is 1.73. The molecule has 0 spiro atoms. The highest BCUT2D eigenvalue weighted by atomic mass is 35.5. The lowest BCUT2D eigenvalue weighted by Gasteiger charge is -2.02. The molecule has 2 N–H and O–H groups in total. The molecular weight excluding hydrogens is 349 g/mol. The molecule has 1 atom stereocenters. The molecule has 1 aliphatic rings. The number of aryl methyl sites for hydroxylation is 1. The molecule has 1 aromatic carbocycles. The van der Waals surface area contributed by atoms with Crippen LogP contribution in [0.25, 0.3) is 0 Å². The second-order valence-corrected chi connectivity index (χ2v) is 6.48. The van der Waals surface area contributed by atoms with Gasteiger partial charge in [0.1, 0.15) is 5.25 Å². The molecule has 1 saturated heterocycles. The van der Waals surface area contributed by atoms with Crippen LogP contribution in [0.5, 0.6) is 0 Å². The van der Waals surface area contributed by atoms with Crippen LogP contribution in [0.4, 0.5) is 0 Å². The molecule has 1 unspecified atom stereocenters. The van der Waals surface area contributed by atoms with Crippen LogP contribution in [-0.4, -0.2) is 33.6 Å². The SMILES string of the molecule is Cc1cc(Cl)cc(C=NN=C2NC(=O)C(CC(=O)O)S2)c1Cl. The Morgan fingerprint density at radius 2 is 2.23 bits per heavy atom. The first-order chi connectivity index (χ1) is 10.4.